The van der Waals surface area contributed by atoms with Gasteiger partial charge in [0.1, 0.15) is 23.0 Å². The number of rotatable bonds is 4. The van der Waals surface area contributed by atoms with E-state index in [9.17, 15) is 13.6 Å². The number of furan rings is 1. The van der Waals surface area contributed by atoms with Gasteiger partial charge in [0.25, 0.3) is 0 Å². The highest BCUT2D eigenvalue weighted by Gasteiger charge is 2.30. The number of aliphatic imine (C=N–C) groups is 1. The van der Waals surface area contributed by atoms with Crippen LogP contribution in [0.15, 0.2) is 58.3 Å². The molecule has 0 N–H and O–H groups in total. The topological polar surface area (TPSA) is 58.7 Å². The van der Waals surface area contributed by atoms with Gasteiger partial charge in [-0.15, -0.1) is 0 Å². The fraction of sp³-hybridized carbons (Fsp3) is 0.125. The van der Waals surface area contributed by atoms with Crippen molar-refractivity contribution in [2.45, 2.75) is 12.8 Å². The van der Waals surface area contributed by atoms with E-state index in [2.05, 4.69) is 16.7 Å². The molecule has 160 valence electrons. The number of halogens is 3. The molecule has 0 fully saturated rings. The summed E-state index contributed by atoms with van der Waals surface area (Å²) in [6.45, 7) is 3.76. The predicted octanol–water partition coefficient (Wildman–Crippen LogP) is 5.38. The van der Waals surface area contributed by atoms with Gasteiger partial charge in [-0.3, -0.25) is 4.79 Å². The summed E-state index contributed by atoms with van der Waals surface area (Å²) in [6, 6.07) is 7.84. The SMILES string of the molecule is C=Nc1nccc2occ(-c3ccc4c(c3F)CCN4C(=O)Cc3cc(F)ccc3F)c12. The van der Waals surface area contributed by atoms with Crippen molar-refractivity contribution in [1.29, 1.82) is 0 Å². The van der Waals surface area contributed by atoms with Gasteiger partial charge in [-0.05, 0) is 49.5 Å². The van der Waals surface area contributed by atoms with Gasteiger partial charge in [0, 0.05) is 40.7 Å². The summed E-state index contributed by atoms with van der Waals surface area (Å²) in [5, 5.41) is 0.550. The van der Waals surface area contributed by atoms with Crippen LogP contribution in [0.25, 0.3) is 22.1 Å². The number of hydrogen-bond donors (Lipinski definition) is 0. The van der Waals surface area contributed by atoms with E-state index in [1.165, 1.54) is 17.4 Å². The largest absolute Gasteiger partial charge is 0.463 e. The zero-order valence-electron chi connectivity index (χ0n) is 16.7. The second kappa shape index (κ2) is 7.64. The number of nitrogens with zero attached hydrogens (tertiary/aromatic N) is 3. The molecule has 5 nitrogen and oxygen atoms in total. The Morgan fingerprint density at radius 2 is 2.00 bits per heavy atom. The number of hydrogen-bond acceptors (Lipinski definition) is 4. The van der Waals surface area contributed by atoms with Crippen LogP contribution in [-0.4, -0.2) is 24.2 Å². The molecule has 0 spiro atoms. The molecule has 0 aliphatic carbocycles. The molecular formula is C24H16F3N3O2. The minimum Gasteiger partial charge on any atom is -0.463 e. The van der Waals surface area contributed by atoms with Crippen LogP contribution in [0.1, 0.15) is 11.1 Å². The smallest absolute Gasteiger partial charge is 0.231 e. The van der Waals surface area contributed by atoms with Crippen molar-refractivity contribution in [2.24, 2.45) is 4.99 Å². The van der Waals surface area contributed by atoms with Gasteiger partial charge in [0.05, 0.1) is 18.1 Å². The zero-order chi connectivity index (χ0) is 22.4. The normalized spacial score (nSPS) is 12.9. The minimum absolute atomic E-state index is 0.0395. The maximum Gasteiger partial charge on any atom is 0.231 e. The summed E-state index contributed by atoms with van der Waals surface area (Å²) in [7, 11) is 0. The quantitative estimate of drug-likeness (QED) is 0.405. The summed E-state index contributed by atoms with van der Waals surface area (Å²) in [6.07, 6.45) is 2.95. The maximum atomic E-state index is 15.5. The number of carbonyl (C=O) groups excluding carboxylic acids is 1. The third kappa shape index (κ3) is 3.15. The van der Waals surface area contributed by atoms with Gasteiger partial charge in [0.15, 0.2) is 5.82 Å². The lowest BCUT2D eigenvalue weighted by Crippen LogP contribution is -2.30. The van der Waals surface area contributed by atoms with E-state index in [0.29, 0.717) is 45.6 Å². The maximum absolute atomic E-state index is 15.5. The molecule has 0 unspecified atom stereocenters. The molecule has 0 saturated heterocycles. The van der Waals surface area contributed by atoms with Crippen molar-refractivity contribution >= 4 is 35.1 Å². The molecule has 1 amide bonds. The number of aromatic nitrogens is 1. The van der Waals surface area contributed by atoms with Crippen LogP contribution < -0.4 is 4.90 Å². The van der Waals surface area contributed by atoms with E-state index in [1.807, 2.05) is 0 Å². The van der Waals surface area contributed by atoms with Crippen LogP contribution in [0.4, 0.5) is 24.7 Å². The van der Waals surface area contributed by atoms with Crippen LogP contribution in [0.3, 0.4) is 0 Å². The average Bonchev–Trinajstić information content (AvgIpc) is 3.41. The number of pyridine rings is 1. The highest BCUT2D eigenvalue weighted by molar-refractivity contribution is 6.02. The molecule has 2 aromatic heterocycles. The Kier molecular flexibility index (Phi) is 4.77. The Morgan fingerprint density at radius 1 is 1.16 bits per heavy atom. The van der Waals surface area contributed by atoms with Crippen LogP contribution in [-0.2, 0) is 17.6 Å². The lowest BCUT2D eigenvalue weighted by molar-refractivity contribution is -0.117. The van der Waals surface area contributed by atoms with E-state index in [0.717, 1.165) is 18.2 Å². The van der Waals surface area contributed by atoms with Crippen molar-refractivity contribution in [3.8, 4) is 11.1 Å². The molecule has 4 aromatic rings. The van der Waals surface area contributed by atoms with Crippen LogP contribution in [0, 0.1) is 17.5 Å². The molecule has 0 bridgehead atoms. The van der Waals surface area contributed by atoms with Gasteiger partial charge >= 0.3 is 0 Å². The lowest BCUT2D eigenvalue weighted by Gasteiger charge is -2.18. The Balaban J connectivity index is 1.51. The van der Waals surface area contributed by atoms with Crippen molar-refractivity contribution in [3.63, 3.8) is 0 Å². The van der Waals surface area contributed by atoms with E-state index in [4.69, 9.17) is 4.42 Å². The first-order chi connectivity index (χ1) is 15.5. The molecule has 3 heterocycles. The van der Waals surface area contributed by atoms with Crippen molar-refractivity contribution < 1.29 is 22.4 Å². The van der Waals surface area contributed by atoms with Gasteiger partial charge in [0.2, 0.25) is 5.91 Å². The van der Waals surface area contributed by atoms with Crippen LogP contribution in [0.2, 0.25) is 0 Å². The van der Waals surface area contributed by atoms with Crippen LogP contribution in [0.5, 0.6) is 0 Å². The molecule has 0 radical (unpaired) electrons. The first-order valence-corrected chi connectivity index (χ1v) is 9.87. The Morgan fingerprint density at radius 3 is 2.81 bits per heavy atom. The number of benzene rings is 2. The molecule has 1 aliphatic rings. The summed E-state index contributed by atoms with van der Waals surface area (Å²) < 4.78 is 48.5. The highest BCUT2D eigenvalue weighted by atomic mass is 19.1. The lowest BCUT2D eigenvalue weighted by atomic mass is 10.00. The van der Waals surface area contributed by atoms with Gasteiger partial charge in [-0.25, -0.2) is 23.1 Å². The Labute approximate surface area is 180 Å². The fourth-order valence-electron chi connectivity index (χ4n) is 4.13. The second-order valence-corrected chi connectivity index (χ2v) is 7.45. The third-order valence-corrected chi connectivity index (χ3v) is 5.65. The third-order valence-electron chi connectivity index (χ3n) is 5.65. The van der Waals surface area contributed by atoms with E-state index >= 15 is 4.39 Å². The number of amides is 1. The van der Waals surface area contributed by atoms with E-state index < -0.39 is 23.4 Å². The predicted molar refractivity (Wildman–Crippen MR) is 115 cm³/mol. The summed E-state index contributed by atoms with van der Waals surface area (Å²) in [5.74, 6) is -1.86. The standard InChI is InChI=1S/C24H16F3N3O2/c1-28-24-22-17(12-32-20(22)6-8-29-24)15-3-5-19-16(23(15)27)7-9-30(19)21(31)11-13-10-14(25)2-4-18(13)26/h2-6,8,10,12H,1,7,9,11H2. The second-order valence-electron chi connectivity index (χ2n) is 7.45. The van der Waals surface area contributed by atoms with E-state index in [-0.39, 0.29) is 18.5 Å². The molecule has 8 heteroatoms. The molecule has 0 saturated carbocycles. The van der Waals surface area contributed by atoms with E-state index in [1.54, 1.807) is 18.2 Å². The monoisotopic (exact) mass is 435 g/mol. The van der Waals surface area contributed by atoms with Crippen LogP contribution >= 0.6 is 0 Å². The molecular weight excluding hydrogens is 419 g/mol. The molecule has 1 aliphatic heterocycles. The van der Waals surface area contributed by atoms with Gasteiger partial charge in [-0.2, -0.15) is 0 Å². The Hall–Kier alpha value is -3.94. The molecule has 2 aromatic carbocycles. The fourth-order valence-corrected chi connectivity index (χ4v) is 4.13. The summed E-state index contributed by atoms with van der Waals surface area (Å²) in [5.41, 5.74) is 2.05. The number of anilines is 1. The number of carbonyl (C=O) groups is 1. The first-order valence-electron chi connectivity index (χ1n) is 9.87. The average molecular weight is 435 g/mol. The highest BCUT2D eigenvalue weighted by Crippen LogP contribution is 2.41. The molecule has 5 rings (SSSR count). The van der Waals surface area contributed by atoms with Gasteiger partial charge in [-0.1, -0.05) is 0 Å². The zero-order valence-corrected chi connectivity index (χ0v) is 16.7. The minimum atomic E-state index is -0.659. The van der Waals surface area contributed by atoms with Crippen molar-refractivity contribution in [2.75, 3.05) is 11.4 Å². The van der Waals surface area contributed by atoms with Crippen molar-refractivity contribution in [3.05, 3.63) is 77.4 Å². The molecule has 32 heavy (non-hydrogen) atoms. The Bertz CT molecular complexity index is 1400. The summed E-state index contributed by atoms with van der Waals surface area (Å²) in [4.78, 5) is 22.2. The first kappa shape index (κ1) is 20.0. The molecule has 0 atom stereocenters. The summed E-state index contributed by atoms with van der Waals surface area (Å²) >= 11 is 0. The number of fused-ring (bicyclic) bond motifs is 2. The van der Waals surface area contributed by atoms with Gasteiger partial charge < -0.3 is 9.32 Å². The van der Waals surface area contributed by atoms with Crippen molar-refractivity contribution in [1.82, 2.24) is 4.98 Å².